The monoisotopic (exact) mass is 528 g/mol. The van der Waals surface area contributed by atoms with Crippen LogP contribution in [0.1, 0.15) is 13.0 Å². The highest BCUT2D eigenvalue weighted by molar-refractivity contribution is 7.99. The van der Waals surface area contributed by atoms with E-state index in [1.54, 1.807) is 30.0 Å². The highest BCUT2D eigenvalue weighted by atomic mass is 35.5. The minimum Gasteiger partial charge on any atom is -0.508 e. The van der Waals surface area contributed by atoms with E-state index in [1.165, 1.54) is 5.56 Å². The fourth-order valence-corrected chi connectivity index (χ4v) is 4.79. The number of aromatic nitrogens is 4. The molecule has 3 heterocycles. The molecule has 1 saturated heterocycles. The van der Waals surface area contributed by atoms with E-state index in [9.17, 15) is 5.11 Å². The van der Waals surface area contributed by atoms with Gasteiger partial charge in [0, 0.05) is 43.7 Å². The van der Waals surface area contributed by atoms with E-state index >= 15 is 0 Å². The van der Waals surface area contributed by atoms with Crippen molar-refractivity contribution >= 4 is 46.7 Å². The van der Waals surface area contributed by atoms with Crippen LogP contribution in [0.4, 0.5) is 11.5 Å². The SMILES string of the molecule is C.Cl.Oc1cccc(Nc2nc(SCCN3CCOCC3)nc3c2cnn3CCc2ccccc2)c1. The summed E-state index contributed by atoms with van der Waals surface area (Å²) in [5.41, 5.74) is 2.84. The number of hydrogen-bond acceptors (Lipinski definition) is 8. The van der Waals surface area contributed by atoms with Crippen molar-refractivity contribution in [3.8, 4) is 5.75 Å². The Bertz CT molecular complexity index is 1230. The van der Waals surface area contributed by atoms with Crippen LogP contribution in [0.15, 0.2) is 66.0 Å². The molecule has 0 amide bonds. The normalized spacial score (nSPS) is 13.7. The van der Waals surface area contributed by atoms with E-state index in [2.05, 4.69) is 39.6 Å². The molecular weight excluding hydrogens is 496 g/mol. The largest absolute Gasteiger partial charge is 0.508 e. The molecule has 0 bridgehead atoms. The van der Waals surface area contributed by atoms with Gasteiger partial charge in [0.2, 0.25) is 0 Å². The van der Waals surface area contributed by atoms with Crippen molar-refractivity contribution in [2.24, 2.45) is 0 Å². The van der Waals surface area contributed by atoms with E-state index in [0.29, 0.717) is 11.0 Å². The van der Waals surface area contributed by atoms with Crippen LogP contribution in [0.25, 0.3) is 11.0 Å². The standard InChI is InChI=1S/C25H28N6O2S.CH4.ClH/c32-21-8-4-7-20(17-21)27-23-22-18-26-31(10-9-19-5-2-1-3-6-19)24(22)29-25(28-23)34-16-13-30-11-14-33-15-12-30;;/h1-8,17-18,32H,9-16H2,(H,27,28,29);1H4;1H. The highest BCUT2D eigenvalue weighted by Crippen LogP contribution is 2.28. The van der Waals surface area contributed by atoms with Crippen molar-refractivity contribution in [3.05, 3.63) is 66.4 Å². The number of thioether (sulfide) groups is 1. The Morgan fingerprint density at radius 2 is 1.81 bits per heavy atom. The van der Waals surface area contributed by atoms with Gasteiger partial charge in [0.05, 0.1) is 24.8 Å². The summed E-state index contributed by atoms with van der Waals surface area (Å²) in [6, 6.07) is 17.4. The molecule has 10 heteroatoms. The number of ether oxygens (including phenoxy) is 1. The van der Waals surface area contributed by atoms with Gasteiger partial charge < -0.3 is 15.2 Å². The molecule has 8 nitrogen and oxygen atoms in total. The number of phenolic OH excluding ortho intramolecular Hbond substituents is 1. The first kappa shape index (κ1) is 27.7. The molecule has 0 unspecified atom stereocenters. The number of morpholine rings is 1. The first-order valence-corrected chi connectivity index (χ1v) is 12.5. The minimum atomic E-state index is 0. The zero-order chi connectivity index (χ0) is 23.2. The summed E-state index contributed by atoms with van der Waals surface area (Å²) in [5.74, 6) is 1.79. The molecule has 0 spiro atoms. The zero-order valence-corrected chi connectivity index (χ0v) is 21.0. The summed E-state index contributed by atoms with van der Waals surface area (Å²) in [6.07, 6.45) is 2.68. The zero-order valence-electron chi connectivity index (χ0n) is 19.3. The molecule has 2 aromatic heterocycles. The molecule has 1 aliphatic rings. The predicted octanol–water partition coefficient (Wildman–Crippen LogP) is 5.00. The van der Waals surface area contributed by atoms with Gasteiger partial charge in [-0.15, -0.1) is 12.4 Å². The molecule has 0 atom stereocenters. The second kappa shape index (κ2) is 13.5. The lowest BCUT2D eigenvalue weighted by molar-refractivity contribution is 0.0410. The van der Waals surface area contributed by atoms with Crippen LogP contribution in [0.2, 0.25) is 0 Å². The van der Waals surface area contributed by atoms with E-state index < -0.39 is 0 Å². The Hall–Kier alpha value is -2.85. The first-order valence-electron chi connectivity index (χ1n) is 11.5. The number of fused-ring (bicyclic) bond motifs is 1. The van der Waals surface area contributed by atoms with Gasteiger partial charge >= 0.3 is 0 Å². The summed E-state index contributed by atoms with van der Waals surface area (Å²) in [7, 11) is 0. The van der Waals surface area contributed by atoms with Gasteiger partial charge in [0.1, 0.15) is 11.6 Å². The van der Waals surface area contributed by atoms with Gasteiger partial charge in [-0.05, 0) is 24.1 Å². The maximum atomic E-state index is 9.87. The van der Waals surface area contributed by atoms with Gasteiger partial charge in [0.25, 0.3) is 0 Å². The Labute approximate surface area is 222 Å². The Kier molecular flexibility index (Phi) is 10.4. The number of rotatable bonds is 9. The number of aromatic hydroxyl groups is 1. The minimum absolute atomic E-state index is 0. The van der Waals surface area contributed by atoms with Gasteiger partial charge in [-0.1, -0.05) is 55.6 Å². The molecule has 5 rings (SSSR count). The van der Waals surface area contributed by atoms with Crippen LogP contribution in [0.5, 0.6) is 5.75 Å². The van der Waals surface area contributed by atoms with E-state index in [1.807, 2.05) is 23.0 Å². The average molecular weight is 529 g/mol. The Morgan fingerprint density at radius 1 is 1.00 bits per heavy atom. The third kappa shape index (κ3) is 7.10. The summed E-state index contributed by atoms with van der Waals surface area (Å²) < 4.78 is 7.39. The molecule has 0 radical (unpaired) electrons. The number of benzene rings is 2. The van der Waals surface area contributed by atoms with Gasteiger partial charge in [-0.2, -0.15) is 5.10 Å². The van der Waals surface area contributed by atoms with Gasteiger partial charge in [0.15, 0.2) is 10.8 Å². The van der Waals surface area contributed by atoms with Crippen LogP contribution < -0.4 is 5.32 Å². The molecule has 2 aromatic carbocycles. The molecule has 4 aromatic rings. The molecular formula is C26H33ClN6O2S. The molecule has 36 heavy (non-hydrogen) atoms. The fraction of sp³-hybridized carbons (Fsp3) is 0.346. The number of nitrogens with zero attached hydrogens (tertiary/aromatic N) is 5. The third-order valence-corrected chi connectivity index (χ3v) is 6.61. The Morgan fingerprint density at radius 3 is 2.58 bits per heavy atom. The highest BCUT2D eigenvalue weighted by Gasteiger charge is 2.15. The van der Waals surface area contributed by atoms with Crippen LogP contribution in [0.3, 0.4) is 0 Å². The van der Waals surface area contributed by atoms with E-state index in [-0.39, 0.29) is 25.6 Å². The first-order chi connectivity index (χ1) is 16.7. The fourth-order valence-electron chi connectivity index (χ4n) is 3.95. The molecule has 1 fully saturated rings. The number of aryl methyl sites for hydroxylation is 2. The number of halogens is 1. The lowest BCUT2D eigenvalue weighted by Crippen LogP contribution is -2.37. The number of phenols is 1. The second-order valence-electron chi connectivity index (χ2n) is 8.17. The van der Waals surface area contributed by atoms with Crippen molar-refractivity contribution < 1.29 is 9.84 Å². The molecule has 2 N–H and O–H groups in total. The molecule has 0 saturated carbocycles. The van der Waals surface area contributed by atoms with Crippen molar-refractivity contribution in [2.75, 3.05) is 43.9 Å². The number of nitrogens with one attached hydrogen (secondary N) is 1. The molecule has 0 aliphatic carbocycles. The van der Waals surface area contributed by atoms with Crippen LogP contribution in [0, 0.1) is 0 Å². The number of hydrogen-bond donors (Lipinski definition) is 2. The van der Waals surface area contributed by atoms with Crippen molar-refractivity contribution in [1.82, 2.24) is 24.6 Å². The predicted molar refractivity (Wildman–Crippen MR) is 149 cm³/mol. The quantitative estimate of drug-likeness (QED) is 0.232. The Balaban J connectivity index is 0.00000180. The van der Waals surface area contributed by atoms with Gasteiger partial charge in [-0.25, -0.2) is 14.6 Å². The van der Waals surface area contributed by atoms with Crippen LogP contribution in [-0.4, -0.2) is 68.4 Å². The maximum Gasteiger partial charge on any atom is 0.191 e. The third-order valence-electron chi connectivity index (χ3n) is 5.78. The van der Waals surface area contributed by atoms with Crippen molar-refractivity contribution in [2.45, 2.75) is 25.5 Å². The molecule has 1 aliphatic heterocycles. The maximum absolute atomic E-state index is 9.87. The topological polar surface area (TPSA) is 88.3 Å². The summed E-state index contributed by atoms with van der Waals surface area (Å²) in [4.78, 5) is 12.1. The van der Waals surface area contributed by atoms with E-state index in [0.717, 1.165) is 68.3 Å². The van der Waals surface area contributed by atoms with Crippen LogP contribution >= 0.6 is 24.2 Å². The molecule has 192 valence electrons. The van der Waals surface area contributed by atoms with Gasteiger partial charge in [-0.3, -0.25) is 4.90 Å². The summed E-state index contributed by atoms with van der Waals surface area (Å²) in [6.45, 7) is 5.23. The van der Waals surface area contributed by atoms with Crippen molar-refractivity contribution in [3.63, 3.8) is 0 Å². The summed E-state index contributed by atoms with van der Waals surface area (Å²) >= 11 is 1.65. The van der Waals surface area contributed by atoms with Crippen molar-refractivity contribution in [1.29, 1.82) is 0 Å². The average Bonchev–Trinajstić information content (AvgIpc) is 3.27. The second-order valence-corrected chi connectivity index (χ2v) is 9.24. The lowest BCUT2D eigenvalue weighted by atomic mass is 10.1. The van der Waals surface area contributed by atoms with E-state index in [4.69, 9.17) is 14.7 Å². The number of anilines is 2. The summed E-state index contributed by atoms with van der Waals surface area (Å²) in [5, 5.41) is 19.4. The smallest absolute Gasteiger partial charge is 0.191 e. The lowest BCUT2D eigenvalue weighted by Gasteiger charge is -2.26. The van der Waals surface area contributed by atoms with Crippen LogP contribution in [-0.2, 0) is 17.7 Å².